The van der Waals surface area contributed by atoms with Crippen molar-refractivity contribution in [3.8, 4) is 6.07 Å². The minimum atomic E-state index is -0.587. The third-order valence-electron chi connectivity index (χ3n) is 2.70. The Morgan fingerprint density at radius 1 is 1.50 bits per heavy atom. The first kappa shape index (κ1) is 15.9. The van der Waals surface area contributed by atoms with E-state index in [0.717, 1.165) is 0 Å². The first-order valence-electron chi connectivity index (χ1n) is 6.33. The van der Waals surface area contributed by atoms with Crippen LogP contribution in [0, 0.1) is 26.9 Å². The molecule has 6 nitrogen and oxygen atoms in total. The van der Waals surface area contributed by atoms with Gasteiger partial charge in [0.2, 0.25) is 0 Å². The molecule has 0 aliphatic heterocycles. The second-order valence-corrected chi connectivity index (χ2v) is 5.90. The monoisotopic (exact) mass is 277 g/mol. The summed E-state index contributed by atoms with van der Waals surface area (Å²) in [5.41, 5.74) is 0.396. The number of hydrogen-bond acceptors (Lipinski definition) is 5. The molecule has 0 amide bonds. The number of nitrogens with one attached hydrogen (secondary N) is 1. The quantitative estimate of drug-likeness (QED) is 0.636. The molecule has 0 aromatic heterocycles. The van der Waals surface area contributed by atoms with Crippen molar-refractivity contribution in [2.45, 2.75) is 33.3 Å². The highest BCUT2D eigenvalue weighted by atomic mass is 16.6. The molecule has 0 radical (unpaired) electrons. The average Bonchev–Trinajstić information content (AvgIpc) is 2.33. The van der Waals surface area contributed by atoms with Crippen molar-refractivity contribution in [2.24, 2.45) is 5.41 Å². The highest BCUT2D eigenvalue weighted by Crippen LogP contribution is 2.23. The third kappa shape index (κ3) is 4.86. The predicted molar refractivity (Wildman–Crippen MR) is 76.4 cm³/mol. The number of benzene rings is 1. The molecule has 0 aliphatic rings. The highest BCUT2D eigenvalue weighted by molar-refractivity contribution is 5.58. The normalized spacial score (nSPS) is 12.6. The Bertz CT molecular complexity index is 529. The van der Waals surface area contributed by atoms with Gasteiger partial charge in [-0.15, -0.1) is 0 Å². The van der Waals surface area contributed by atoms with Gasteiger partial charge in [-0.25, -0.2) is 0 Å². The summed E-state index contributed by atoms with van der Waals surface area (Å²) in [6.07, 6.45) is 0.119. The van der Waals surface area contributed by atoms with Crippen molar-refractivity contribution >= 4 is 11.4 Å². The molecule has 0 saturated heterocycles. The smallest absolute Gasteiger partial charge is 0.287 e. The molecule has 0 bridgehead atoms. The number of aliphatic hydroxyl groups excluding tert-OH is 1. The number of nitro groups is 1. The van der Waals surface area contributed by atoms with E-state index in [4.69, 9.17) is 5.26 Å². The lowest BCUT2D eigenvalue weighted by Gasteiger charge is -2.22. The molecule has 0 fully saturated rings. The van der Waals surface area contributed by atoms with Crippen LogP contribution in [-0.4, -0.2) is 22.7 Å². The molecule has 1 atom stereocenters. The van der Waals surface area contributed by atoms with Crippen LogP contribution in [0.5, 0.6) is 0 Å². The summed E-state index contributed by atoms with van der Waals surface area (Å²) in [6, 6.07) is 6.04. The van der Waals surface area contributed by atoms with Crippen LogP contribution in [0.3, 0.4) is 0 Å². The molecule has 2 N–H and O–H groups in total. The summed E-state index contributed by atoms with van der Waals surface area (Å²) in [6.45, 7) is 6.45. The Labute approximate surface area is 118 Å². The molecule has 0 saturated carbocycles. The van der Waals surface area contributed by atoms with Gasteiger partial charge < -0.3 is 10.4 Å². The van der Waals surface area contributed by atoms with Gasteiger partial charge in [0.05, 0.1) is 11.0 Å². The van der Waals surface area contributed by atoms with Gasteiger partial charge in [-0.3, -0.25) is 10.1 Å². The standard InChI is InChI=1S/C14H19N3O3/c1-14(2,3)7-12(18)9-16-11-4-5-13(17(19)20)10(6-11)8-15/h4-6,12,16,18H,7,9H2,1-3H3/t12-/m0/s1. The van der Waals surface area contributed by atoms with E-state index in [2.05, 4.69) is 5.32 Å². The van der Waals surface area contributed by atoms with Gasteiger partial charge in [-0.2, -0.15) is 5.26 Å². The van der Waals surface area contributed by atoms with E-state index < -0.39 is 11.0 Å². The molecule has 0 spiro atoms. The zero-order valence-electron chi connectivity index (χ0n) is 11.9. The third-order valence-corrected chi connectivity index (χ3v) is 2.70. The summed E-state index contributed by atoms with van der Waals surface area (Å²) >= 11 is 0. The molecule has 108 valence electrons. The maximum Gasteiger partial charge on any atom is 0.287 e. The van der Waals surface area contributed by atoms with Crippen molar-refractivity contribution in [3.05, 3.63) is 33.9 Å². The van der Waals surface area contributed by atoms with E-state index in [-0.39, 0.29) is 16.7 Å². The van der Waals surface area contributed by atoms with Crippen LogP contribution in [0.15, 0.2) is 18.2 Å². The van der Waals surface area contributed by atoms with Crippen LogP contribution >= 0.6 is 0 Å². The molecule has 0 aliphatic carbocycles. The lowest BCUT2D eigenvalue weighted by Crippen LogP contribution is -2.25. The first-order chi connectivity index (χ1) is 9.23. The topological polar surface area (TPSA) is 99.2 Å². The van der Waals surface area contributed by atoms with Gasteiger partial charge >= 0.3 is 0 Å². The van der Waals surface area contributed by atoms with Crippen molar-refractivity contribution in [2.75, 3.05) is 11.9 Å². The van der Waals surface area contributed by atoms with Gasteiger partial charge in [0, 0.05) is 18.3 Å². The SMILES string of the molecule is CC(C)(C)C[C@H](O)CNc1ccc([N+](=O)[O-])c(C#N)c1. The Morgan fingerprint density at radius 2 is 2.15 bits per heavy atom. The summed E-state index contributed by atoms with van der Waals surface area (Å²) in [5, 5.41) is 32.5. The Morgan fingerprint density at radius 3 is 2.65 bits per heavy atom. The number of nitrogens with zero attached hydrogens (tertiary/aromatic N) is 2. The fourth-order valence-electron chi connectivity index (χ4n) is 1.91. The van der Waals surface area contributed by atoms with Crippen LogP contribution in [0.25, 0.3) is 0 Å². The second-order valence-electron chi connectivity index (χ2n) is 5.90. The van der Waals surface area contributed by atoms with E-state index >= 15 is 0 Å². The van der Waals surface area contributed by atoms with E-state index in [1.807, 2.05) is 20.8 Å². The molecule has 0 heterocycles. The van der Waals surface area contributed by atoms with Gasteiger partial charge in [0.1, 0.15) is 11.6 Å². The van der Waals surface area contributed by atoms with Crippen LogP contribution in [0.4, 0.5) is 11.4 Å². The van der Waals surface area contributed by atoms with E-state index in [9.17, 15) is 15.2 Å². The van der Waals surface area contributed by atoms with E-state index in [0.29, 0.717) is 18.7 Å². The molecule has 6 heteroatoms. The van der Waals surface area contributed by atoms with Gasteiger partial charge in [0.25, 0.3) is 5.69 Å². The molecular weight excluding hydrogens is 258 g/mol. The summed E-state index contributed by atoms with van der Waals surface area (Å²) in [5.74, 6) is 0. The number of anilines is 1. The molecular formula is C14H19N3O3. The number of aliphatic hydroxyl groups is 1. The number of hydrogen-bond donors (Lipinski definition) is 2. The summed E-state index contributed by atoms with van der Waals surface area (Å²) in [4.78, 5) is 10.1. The molecule has 0 unspecified atom stereocenters. The fraction of sp³-hybridized carbons (Fsp3) is 0.500. The van der Waals surface area contributed by atoms with Crippen LogP contribution < -0.4 is 5.32 Å². The summed E-state index contributed by atoms with van der Waals surface area (Å²) < 4.78 is 0. The number of nitro benzene ring substituents is 1. The Balaban J connectivity index is 2.71. The van der Waals surface area contributed by atoms with Gasteiger partial charge in [0.15, 0.2) is 0 Å². The average molecular weight is 277 g/mol. The maximum atomic E-state index is 10.7. The van der Waals surface area contributed by atoms with Gasteiger partial charge in [-0.1, -0.05) is 20.8 Å². The minimum Gasteiger partial charge on any atom is -0.391 e. The van der Waals surface area contributed by atoms with Crippen LogP contribution in [0.2, 0.25) is 0 Å². The maximum absolute atomic E-state index is 10.7. The molecule has 1 rings (SSSR count). The zero-order chi connectivity index (χ0) is 15.3. The molecule has 1 aromatic rings. The lowest BCUT2D eigenvalue weighted by molar-refractivity contribution is -0.385. The van der Waals surface area contributed by atoms with E-state index in [1.54, 1.807) is 6.07 Å². The van der Waals surface area contributed by atoms with Gasteiger partial charge in [-0.05, 0) is 24.0 Å². The minimum absolute atomic E-state index is 0.00492. The molecule has 20 heavy (non-hydrogen) atoms. The highest BCUT2D eigenvalue weighted by Gasteiger charge is 2.17. The predicted octanol–water partition coefficient (Wildman–Crippen LogP) is 2.68. The second kappa shape index (κ2) is 6.35. The number of nitriles is 1. The van der Waals surface area contributed by atoms with Crippen molar-refractivity contribution in [1.82, 2.24) is 0 Å². The molecule has 1 aromatic carbocycles. The summed E-state index contributed by atoms with van der Waals surface area (Å²) in [7, 11) is 0. The fourth-order valence-corrected chi connectivity index (χ4v) is 1.91. The zero-order valence-corrected chi connectivity index (χ0v) is 11.9. The first-order valence-corrected chi connectivity index (χ1v) is 6.33. The van der Waals surface area contributed by atoms with Crippen molar-refractivity contribution in [3.63, 3.8) is 0 Å². The van der Waals surface area contributed by atoms with Crippen molar-refractivity contribution in [1.29, 1.82) is 5.26 Å². The Kier molecular flexibility index (Phi) is 5.06. The lowest BCUT2D eigenvalue weighted by atomic mass is 9.89. The van der Waals surface area contributed by atoms with Crippen LogP contribution in [-0.2, 0) is 0 Å². The van der Waals surface area contributed by atoms with Crippen LogP contribution in [0.1, 0.15) is 32.8 Å². The largest absolute Gasteiger partial charge is 0.391 e. The van der Waals surface area contributed by atoms with E-state index in [1.165, 1.54) is 18.2 Å². The van der Waals surface area contributed by atoms with Crippen molar-refractivity contribution < 1.29 is 10.0 Å². The Hall–Kier alpha value is -2.13. The number of rotatable bonds is 5.